The number of para-hydroxylation sites is 1. The van der Waals surface area contributed by atoms with Gasteiger partial charge in [0.2, 0.25) is 0 Å². The first kappa shape index (κ1) is 17.1. The molecule has 3 heteroatoms. The van der Waals surface area contributed by atoms with Gasteiger partial charge >= 0.3 is 0 Å². The fraction of sp³-hybridized carbons (Fsp3) is 0.240. The number of hydrogen-bond donors (Lipinski definition) is 1. The van der Waals surface area contributed by atoms with Gasteiger partial charge in [0.05, 0.1) is 17.3 Å². The van der Waals surface area contributed by atoms with Gasteiger partial charge in [-0.3, -0.25) is 4.79 Å². The number of benzene rings is 3. The third kappa shape index (κ3) is 2.62. The fourth-order valence-electron chi connectivity index (χ4n) is 4.77. The van der Waals surface area contributed by atoms with Gasteiger partial charge < -0.3 is 10.2 Å². The zero-order valence-electron chi connectivity index (χ0n) is 16.2. The molecule has 0 fully saturated rings. The number of hydrogen-bond acceptors (Lipinski definition) is 2. The highest BCUT2D eigenvalue weighted by molar-refractivity contribution is 6.00. The van der Waals surface area contributed by atoms with Crippen molar-refractivity contribution in [3.63, 3.8) is 0 Å². The largest absolute Gasteiger partial charge is 0.377 e. The van der Waals surface area contributed by atoms with E-state index in [1.54, 1.807) is 4.90 Å². The van der Waals surface area contributed by atoms with Crippen molar-refractivity contribution in [2.24, 2.45) is 5.92 Å². The van der Waals surface area contributed by atoms with Crippen LogP contribution < -0.4 is 5.32 Å². The van der Waals surface area contributed by atoms with E-state index in [0.717, 1.165) is 17.7 Å². The predicted molar refractivity (Wildman–Crippen MR) is 115 cm³/mol. The number of amides is 1. The molecule has 3 nitrogen and oxygen atoms in total. The highest BCUT2D eigenvalue weighted by atomic mass is 16.2. The second-order valence-electron chi connectivity index (χ2n) is 8.05. The van der Waals surface area contributed by atoms with Crippen molar-refractivity contribution in [2.75, 3.05) is 19.4 Å². The van der Waals surface area contributed by atoms with Crippen LogP contribution in [0.25, 0.3) is 10.8 Å². The van der Waals surface area contributed by atoms with E-state index in [1.807, 2.05) is 26.2 Å². The lowest BCUT2D eigenvalue weighted by atomic mass is 9.76. The van der Waals surface area contributed by atoms with Gasteiger partial charge in [-0.25, -0.2) is 0 Å². The quantitative estimate of drug-likeness (QED) is 0.617. The maximum absolute atomic E-state index is 12.8. The van der Waals surface area contributed by atoms with Crippen molar-refractivity contribution in [2.45, 2.75) is 18.4 Å². The van der Waals surface area contributed by atoms with Gasteiger partial charge in [0.25, 0.3) is 5.91 Å². The molecule has 3 unspecified atom stereocenters. The first-order chi connectivity index (χ1) is 13.6. The minimum Gasteiger partial charge on any atom is -0.377 e. The van der Waals surface area contributed by atoms with E-state index >= 15 is 0 Å². The first-order valence-corrected chi connectivity index (χ1v) is 9.90. The van der Waals surface area contributed by atoms with Crippen LogP contribution in [-0.2, 0) is 0 Å². The van der Waals surface area contributed by atoms with Crippen LogP contribution in [0.3, 0.4) is 0 Å². The summed E-state index contributed by atoms with van der Waals surface area (Å²) in [4.78, 5) is 14.4. The molecule has 3 aromatic carbocycles. The Kier molecular flexibility index (Phi) is 3.97. The summed E-state index contributed by atoms with van der Waals surface area (Å²) in [5.41, 5.74) is 4.28. The van der Waals surface area contributed by atoms with Gasteiger partial charge in [0.15, 0.2) is 0 Å². The molecule has 0 radical (unpaired) electrons. The van der Waals surface area contributed by atoms with Crippen molar-refractivity contribution in [3.05, 3.63) is 89.5 Å². The summed E-state index contributed by atoms with van der Waals surface area (Å²) < 4.78 is 0. The van der Waals surface area contributed by atoms with E-state index < -0.39 is 0 Å². The third-order valence-electron chi connectivity index (χ3n) is 6.17. The van der Waals surface area contributed by atoms with Gasteiger partial charge in [-0.1, -0.05) is 60.7 Å². The van der Waals surface area contributed by atoms with Gasteiger partial charge in [-0.2, -0.15) is 0 Å². The summed E-state index contributed by atoms with van der Waals surface area (Å²) in [6.07, 6.45) is 5.67. The molecule has 0 aromatic heterocycles. The van der Waals surface area contributed by atoms with Crippen LogP contribution in [0.2, 0.25) is 0 Å². The average molecular weight is 368 g/mol. The Morgan fingerprint density at radius 2 is 1.82 bits per heavy atom. The van der Waals surface area contributed by atoms with Crippen LogP contribution in [0.1, 0.15) is 39.9 Å². The molecule has 3 aromatic rings. The number of anilines is 1. The summed E-state index contributed by atoms with van der Waals surface area (Å²) in [7, 11) is 3.62. The van der Waals surface area contributed by atoms with Gasteiger partial charge in [-0.05, 0) is 46.4 Å². The number of nitrogens with one attached hydrogen (secondary N) is 1. The minimum atomic E-state index is 0.0436. The molecule has 1 aliphatic carbocycles. The lowest BCUT2D eigenvalue weighted by molar-refractivity contribution is 0.0828. The Hall–Kier alpha value is -3.07. The van der Waals surface area contributed by atoms with E-state index in [2.05, 4.69) is 66.0 Å². The molecule has 1 aliphatic heterocycles. The van der Waals surface area contributed by atoms with Crippen LogP contribution >= 0.6 is 0 Å². The maximum Gasteiger partial charge on any atom is 0.255 e. The molecule has 5 rings (SSSR count). The van der Waals surface area contributed by atoms with E-state index in [9.17, 15) is 4.79 Å². The van der Waals surface area contributed by atoms with Gasteiger partial charge in [0, 0.05) is 20.0 Å². The number of carbonyl (C=O) groups excluding carboxylic acids is 1. The Balaban J connectivity index is 1.63. The lowest BCUT2D eigenvalue weighted by Gasteiger charge is -2.38. The highest BCUT2D eigenvalue weighted by Crippen LogP contribution is 2.50. The summed E-state index contributed by atoms with van der Waals surface area (Å²) in [5.74, 6) is 0.864. The molecular weight excluding hydrogens is 344 g/mol. The molecule has 1 N–H and O–H groups in total. The van der Waals surface area contributed by atoms with Gasteiger partial charge in [-0.15, -0.1) is 0 Å². The number of fused-ring (bicyclic) bond motifs is 4. The van der Waals surface area contributed by atoms with E-state index in [-0.39, 0.29) is 11.9 Å². The predicted octanol–water partition coefficient (Wildman–Crippen LogP) is 5.37. The van der Waals surface area contributed by atoms with Crippen LogP contribution in [0.15, 0.2) is 72.8 Å². The molecule has 28 heavy (non-hydrogen) atoms. The van der Waals surface area contributed by atoms with Gasteiger partial charge in [0.1, 0.15) is 0 Å². The summed E-state index contributed by atoms with van der Waals surface area (Å²) in [6, 6.07) is 21.5. The minimum absolute atomic E-state index is 0.0436. The van der Waals surface area contributed by atoms with Crippen LogP contribution in [0.5, 0.6) is 0 Å². The average Bonchev–Trinajstić information content (AvgIpc) is 3.22. The van der Waals surface area contributed by atoms with E-state index in [1.165, 1.54) is 21.9 Å². The van der Waals surface area contributed by atoms with Crippen molar-refractivity contribution in [1.29, 1.82) is 0 Å². The summed E-state index contributed by atoms with van der Waals surface area (Å²) >= 11 is 0. The SMILES string of the molecule is CN(C)C(=O)c1cccc2c1NC(c1ccc3ccccc3c1)C1CC=CC21. The van der Waals surface area contributed by atoms with E-state index in [4.69, 9.17) is 0 Å². The Bertz CT molecular complexity index is 1100. The first-order valence-electron chi connectivity index (χ1n) is 9.90. The van der Waals surface area contributed by atoms with Crippen molar-refractivity contribution >= 4 is 22.4 Å². The number of rotatable bonds is 2. The smallest absolute Gasteiger partial charge is 0.255 e. The number of carbonyl (C=O) groups is 1. The summed E-state index contributed by atoms with van der Waals surface area (Å²) in [6.45, 7) is 0. The molecule has 0 spiro atoms. The standard InChI is InChI=1S/C25H24N2O/c1-27(2)25(28)22-12-6-11-21-19-9-5-10-20(19)23(26-24(21)22)18-14-13-16-7-3-4-8-17(16)15-18/h3-9,11-15,19-20,23,26H,10H2,1-2H3. The van der Waals surface area contributed by atoms with Crippen molar-refractivity contribution < 1.29 is 4.79 Å². The second-order valence-corrected chi connectivity index (χ2v) is 8.05. The van der Waals surface area contributed by atoms with E-state index in [0.29, 0.717) is 11.8 Å². The molecular formula is C25H24N2O. The van der Waals surface area contributed by atoms with Crippen molar-refractivity contribution in [1.82, 2.24) is 4.90 Å². The molecule has 3 atom stereocenters. The Labute approximate surface area is 165 Å². The maximum atomic E-state index is 12.8. The van der Waals surface area contributed by atoms with Crippen LogP contribution in [0.4, 0.5) is 5.69 Å². The number of allylic oxidation sites excluding steroid dienone is 2. The fourth-order valence-corrected chi connectivity index (χ4v) is 4.77. The van der Waals surface area contributed by atoms with Crippen LogP contribution in [0, 0.1) is 5.92 Å². The molecule has 0 saturated heterocycles. The van der Waals surface area contributed by atoms with Crippen molar-refractivity contribution in [3.8, 4) is 0 Å². The normalized spacial score (nSPS) is 22.4. The zero-order valence-corrected chi connectivity index (χ0v) is 16.2. The van der Waals surface area contributed by atoms with Crippen LogP contribution in [-0.4, -0.2) is 24.9 Å². The molecule has 0 bridgehead atoms. The molecule has 1 amide bonds. The monoisotopic (exact) mass is 368 g/mol. The molecule has 1 heterocycles. The summed E-state index contributed by atoms with van der Waals surface area (Å²) in [5, 5.41) is 6.28. The number of nitrogens with zero attached hydrogens (tertiary/aromatic N) is 1. The second kappa shape index (κ2) is 6.52. The molecule has 0 saturated carbocycles. The highest BCUT2D eigenvalue weighted by Gasteiger charge is 2.39. The molecule has 140 valence electrons. The molecule has 2 aliphatic rings. The Morgan fingerprint density at radius 1 is 1.00 bits per heavy atom. The third-order valence-corrected chi connectivity index (χ3v) is 6.17. The lowest BCUT2D eigenvalue weighted by Crippen LogP contribution is -2.31. The topological polar surface area (TPSA) is 32.3 Å². The zero-order chi connectivity index (χ0) is 19.3. The Morgan fingerprint density at radius 3 is 2.64 bits per heavy atom.